The maximum Gasteiger partial charge on any atom is 0.194 e. The first-order valence-corrected chi connectivity index (χ1v) is 21.1. The van der Waals surface area contributed by atoms with E-state index >= 15 is 0 Å². The number of benzene rings is 7. The van der Waals surface area contributed by atoms with Gasteiger partial charge in [0.1, 0.15) is 11.2 Å². The molecule has 0 radical (unpaired) electrons. The minimum atomic E-state index is 0.703. The summed E-state index contributed by atoms with van der Waals surface area (Å²) in [6.45, 7) is 0. The van der Waals surface area contributed by atoms with Crippen LogP contribution in [-0.2, 0) is 0 Å². The topological polar surface area (TPSA) is 48.8 Å². The van der Waals surface area contributed by atoms with E-state index in [1.54, 1.807) is 0 Å². The van der Waals surface area contributed by atoms with Crippen LogP contribution in [0, 0.1) is 11.8 Å². The van der Waals surface area contributed by atoms with Gasteiger partial charge in [-0.25, -0.2) is 9.97 Å². The number of rotatable bonds is 5. The Kier molecular flexibility index (Phi) is 7.43. The van der Waals surface area contributed by atoms with Crippen LogP contribution in [0.1, 0.15) is 18.4 Å². The molecule has 11 aromatic rings. The Balaban J connectivity index is 0.949. The molecule has 0 atom stereocenters. The third-order valence-corrected chi connectivity index (χ3v) is 12.6. The van der Waals surface area contributed by atoms with Crippen molar-refractivity contribution in [2.24, 2.45) is 0 Å². The van der Waals surface area contributed by atoms with Crippen LogP contribution in [0.15, 0.2) is 174 Å². The molecule has 6 heteroatoms. The van der Waals surface area contributed by atoms with Crippen molar-refractivity contribution < 1.29 is 4.42 Å². The molecule has 0 amide bonds. The molecule has 0 fully saturated rings. The van der Waals surface area contributed by atoms with E-state index < -0.39 is 0 Å². The van der Waals surface area contributed by atoms with Gasteiger partial charge in [0.25, 0.3) is 0 Å². The molecule has 1 aliphatic heterocycles. The summed E-state index contributed by atoms with van der Waals surface area (Å²) in [7, 11) is 0.971. The molecule has 0 unspecified atom stereocenters. The number of aromatic nitrogens is 4. The second kappa shape index (κ2) is 13.3. The Labute approximate surface area is 352 Å². The summed E-state index contributed by atoms with van der Waals surface area (Å²) in [5, 5.41) is 6.75. The normalized spacial score (nSPS) is 13.5. The summed E-state index contributed by atoms with van der Waals surface area (Å²) in [6.07, 6.45) is 10.00. The van der Waals surface area contributed by atoms with E-state index in [9.17, 15) is 0 Å². The summed E-state index contributed by atoms with van der Waals surface area (Å²) in [5.41, 5.74) is 16.2. The van der Waals surface area contributed by atoms with Crippen LogP contribution in [0.25, 0.3) is 111 Å². The van der Waals surface area contributed by atoms with Gasteiger partial charge >= 0.3 is 0 Å². The van der Waals surface area contributed by atoms with Crippen molar-refractivity contribution in [3.63, 3.8) is 0 Å². The van der Waals surface area contributed by atoms with E-state index in [-0.39, 0.29) is 0 Å². The van der Waals surface area contributed by atoms with Gasteiger partial charge in [0.15, 0.2) is 13.1 Å². The van der Waals surface area contributed by atoms with Gasteiger partial charge in [-0.15, -0.1) is 5.92 Å². The van der Waals surface area contributed by atoms with E-state index in [0.29, 0.717) is 5.82 Å². The number of allylic oxidation sites excluding steroid dienone is 4. The Hall–Kier alpha value is -7.88. The SMILES string of the molecule is B1CC#Cc2c1n(C1=CCCC=C1)c1ccc(-c3ccc4c(c3)c3ccccc3n4-c3ccc4c(c3)oc3cccc(-c5nc(-c6ccccc6)nc6ccccc56)c34)cc21. The minimum Gasteiger partial charge on any atom is -0.456 e. The lowest BCUT2D eigenvalue weighted by Crippen LogP contribution is -2.27. The highest BCUT2D eigenvalue weighted by atomic mass is 16.3. The van der Waals surface area contributed by atoms with Gasteiger partial charge < -0.3 is 13.6 Å². The second-order valence-corrected chi connectivity index (χ2v) is 16.1. The van der Waals surface area contributed by atoms with Gasteiger partial charge in [-0.3, -0.25) is 0 Å². The number of fused-ring (bicyclic) bond motifs is 10. The van der Waals surface area contributed by atoms with Crippen LogP contribution >= 0.6 is 0 Å². The van der Waals surface area contributed by atoms with E-state index in [4.69, 9.17) is 14.4 Å². The molecular formula is C55H35BN4O. The Morgan fingerprint density at radius 1 is 0.574 bits per heavy atom. The molecule has 1 aliphatic carbocycles. The first-order chi connectivity index (χ1) is 30.2. The minimum absolute atomic E-state index is 0.703. The van der Waals surface area contributed by atoms with Crippen molar-refractivity contribution in [2.45, 2.75) is 19.2 Å². The maximum atomic E-state index is 6.72. The van der Waals surface area contributed by atoms with Crippen molar-refractivity contribution in [1.82, 2.24) is 19.1 Å². The molecule has 4 aromatic heterocycles. The molecule has 0 bridgehead atoms. The van der Waals surface area contributed by atoms with Crippen molar-refractivity contribution in [3.05, 3.63) is 175 Å². The first kappa shape index (κ1) is 34.0. The molecule has 61 heavy (non-hydrogen) atoms. The smallest absolute Gasteiger partial charge is 0.194 e. The highest BCUT2D eigenvalue weighted by molar-refractivity contribution is 6.56. The van der Waals surface area contributed by atoms with Gasteiger partial charge in [0, 0.05) is 66.5 Å². The molecule has 7 aromatic carbocycles. The fourth-order valence-corrected chi connectivity index (χ4v) is 9.87. The number of hydrogen-bond acceptors (Lipinski definition) is 3. The molecule has 0 N–H and O–H groups in total. The van der Waals surface area contributed by atoms with Crippen LogP contribution in [0.5, 0.6) is 0 Å². The lowest BCUT2D eigenvalue weighted by molar-refractivity contribution is 0.668. The van der Waals surface area contributed by atoms with Crippen LogP contribution in [0.2, 0.25) is 6.32 Å². The Morgan fingerprint density at radius 3 is 2.23 bits per heavy atom. The third-order valence-electron chi connectivity index (χ3n) is 12.6. The summed E-state index contributed by atoms with van der Waals surface area (Å²) < 4.78 is 11.5. The van der Waals surface area contributed by atoms with Crippen LogP contribution in [0.3, 0.4) is 0 Å². The largest absolute Gasteiger partial charge is 0.456 e. The third kappa shape index (κ3) is 5.24. The first-order valence-electron chi connectivity index (χ1n) is 21.1. The van der Waals surface area contributed by atoms with Gasteiger partial charge in [-0.05, 0) is 96.6 Å². The summed E-state index contributed by atoms with van der Waals surface area (Å²) in [6, 6.07) is 53.9. The van der Waals surface area contributed by atoms with Gasteiger partial charge in [0.2, 0.25) is 0 Å². The summed E-state index contributed by atoms with van der Waals surface area (Å²) in [4.78, 5) is 10.2. The standard InChI is InChI=1S/C55H35BN4O/c1-3-13-34(14-4-1)55-57-46-21-9-7-18-41(46)53(58-55)43-19-11-23-50-52(43)42-27-26-38(33-51(42)61-50)59-47-22-10-8-17-39(47)44-31-35(24-28-48(44)59)36-25-29-49-45(32-36)40-20-12-30-56-54(40)60(49)37-15-5-2-6-16-37/h1,3-5,7-11,13-19,21-29,31-33,56H,2,6,30H2. The Bertz CT molecular complexity index is 3780. The van der Waals surface area contributed by atoms with Crippen molar-refractivity contribution in [3.8, 4) is 51.3 Å². The molecule has 2 aliphatic rings. The van der Waals surface area contributed by atoms with Gasteiger partial charge in [-0.2, -0.15) is 0 Å². The molecule has 0 saturated carbocycles. The number of hydrogen-bond donors (Lipinski definition) is 0. The average Bonchev–Trinajstić information content (AvgIpc) is 3.98. The zero-order valence-electron chi connectivity index (χ0n) is 33.2. The van der Waals surface area contributed by atoms with Crippen LogP contribution in [0.4, 0.5) is 0 Å². The van der Waals surface area contributed by atoms with Crippen LogP contribution in [-0.4, -0.2) is 26.4 Å². The second-order valence-electron chi connectivity index (χ2n) is 16.1. The predicted molar refractivity (Wildman–Crippen MR) is 254 cm³/mol. The molecule has 284 valence electrons. The van der Waals surface area contributed by atoms with Crippen molar-refractivity contribution in [1.29, 1.82) is 0 Å². The fourth-order valence-electron chi connectivity index (χ4n) is 9.87. The zero-order valence-corrected chi connectivity index (χ0v) is 33.2. The van der Waals surface area contributed by atoms with E-state index in [0.717, 1.165) is 92.8 Å². The molecule has 0 spiro atoms. The highest BCUT2D eigenvalue weighted by Gasteiger charge is 2.23. The monoisotopic (exact) mass is 778 g/mol. The number of furan rings is 1. The molecule has 13 rings (SSSR count). The molecular weight excluding hydrogens is 743 g/mol. The Morgan fingerprint density at radius 2 is 1.36 bits per heavy atom. The summed E-state index contributed by atoms with van der Waals surface area (Å²) in [5.74, 6) is 7.63. The number of para-hydroxylation sites is 2. The van der Waals surface area contributed by atoms with E-state index in [1.165, 1.54) is 49.7 Å². The average molecular weight is 779 g/mol. The fraction of sp³-hybridized carbons (Fsp3) is 0.0545. The number of nitrogens with zero attached hydrogens (tertiary/aromatic N) is 4. The maximum absolute atomic E-state index is 6.72. The zero-order chi connectivity index (χ0) is 40.0. The van der Waals surface area contributed by atoms with Crippen LogP contribution < -0.4 is 5.59 Å². The van der Waals surface area contributed by atoms with Gasteiger partial charge in [-0.1, -0.05) is 109 Å². The molecule has 5 nitrogen and oxygen atoms in total. The quantitative estimate of drug-likeness (QED) is 0.129. The van der Waals surface area contributed by atoms with Crippen molar-refractivity contribution >= 4 is 84.1 Å². The lowest BCUT2D eigenvalue weighted by Gasteiger charge is -2.15. The van der Waals surface area contributed by atoms with Gasteiger partial charge in [0.05, 0.1) is 27.8 Å². The van der Waals surface area contributed by atoms with E-state index in [1.807, 2.05) is 24.3 Å². The molecule has 0 saturated heterocycles. The molecule has 5 heterocycles. The lowest BCUT2D eigenvalue weighted by atomic mass is 9.67. The van der Waals surface area contributed by atoms with Crippen molar-refractivity contribution in [2.75, 3.05) is 0 Å². The van der Waals surface area contributed by atoms with E-state index in [2.05, 4.69) is 167 Å². The summed E-state index contributed by atoms with van der Waals surface area (Å²) >= 11 is 0. The predicted octanol–water partition coefficient (Wildman–Crippen LogP) is 12.6. The highest BCUT2D eigenvalue weighted by Crippen LogP contribution is 2.42.